The van der Waals surface area contributed by atoms with Gasteiger partial charge in [-0.2, -0.15) is 0 Å². The van der Waals surface area contributed by atoms with Crippen LogP contribution in [0, 0.1) is 13.8 Å². The summed E-state index contributed by atoms with van der Waals surface area (Å²) in [5.74, 6) is 1.46. The molecule has 3 aromatic rings. The Morgan fingerprint density at radius 1 is 1.08 bits per heavy atom. The summed E-state index contributed by atoms with van der Waals surface area (Å²) in [7, 11) is 0. The normalized spacial score (nSPS) is 10.5. The molecule has 0 saturated heterocycles. The quantitative estimate of drug-likeness (QED) is 0.680. The van der Waals surface area contributed by atoms with Crippen molar-refractivity contribution >= 4 is 11.7 Å². The van der Waals surface area contributed by atoms with E-state index in [0.717, 1.165) is 28.3 Å². The van der Waals surface area contributed by atoms with E-state index >= 15 is 0 Å². The van der Waals surface area contributed by atoms with Gasteiger partial charge in [-0.15, -0.1) is 0 Å². The van der Waals surface area contributed by atoms with E-state index in [9.17, 15) is 4.79 Å². The van der Waals surface area contributed by atoms with Gasteiger partial charge in [-0.1, -0.05) is 17.7 Å². The second-order valence-electron chi connectivity index (χ2n) is 5.85. The number of hydrogen-bond donors (Lipinski definition) is 2. The number of nitrogens with zero attached hydrogens (tertiary/aromatic N) is 3. The van der Waals surface area contributed by atoms with Gasteiger partial charge in [0.05, 0.1) is 0 Å². The van der Waals surface area contributed by atoms with Crippen LogP contribution in [0.3, 0.4) is 0 Å². The molecule has 0 unspecified atom stereocenters. The van der Waals surface area contributed by atoms with Gasteiger partial charge in [-0.25, -0.2) is 9.97 Å². The molecule has 0 atom stereocenters. The van der Waals surface area contributed by atoms with Crippen molar-refractivity contribution in [2.75, 3.05) is 18.4 Å². The fraction of sp³-hybridized carbons (Fsp3) is 0.211. The maximum Gasteiger partial charge on any atom is 0.251 e. The number of carbonyl (C=O) groups excluding carboxylic acids is 1. The Labute approximate surface area is 146 Å². The molecule has 2 N–H and O–H groups in total. The zero-order valence-corrected chi connectivity index (χ0v) is 14.4. The van der Waals surface area contributed by atoms with Crippen LogP contribution in [0.4, 0.5) is 5.82 Å². The van der Waals surface area contributed by atoms with Crippen LogP contribution in [0.1, 0.15) is 21.5 Å². The zero-order chi connectivity index (χ0) is 17.6. The van der Waals surface area contributed by atoms with E-state index in [1.54, 1.807) is 0 Å². The molecule has 0 radical (unpaired) electrons. The lowest BCUT2D eigenvalue weighted by atomic mass is 10.1. The van der Waals surface area contributed by atoms with Gasteiger partial charge >= 0.3 is 0 Å². The standard InChI is InChI=1S/C19H21N5O/c1-14-5-6-15(2)16(11-14)19(25)21-8-7-20-17-12-18(23-13-22-17)24-9-3-4-10-24/h3-6,9-13H,7-8H2,1-2H3,(H,21,25)(H,20,22,23). The SMILES string of the molecule is Cc1ccc(C)c(C(=O)NCCNc2cc(-n3cccc3)ncn2)c1. The zero-order valence-electron chi connectivity index (χ0n) is 14.4. The second-order valence-corrected chi connectivity index (χ2v) is 5.85. The lowest BCUT2D eigenvalue weighted by Gasteiger charge is -2.10. The molecule has 6 nitrogen and oxygen atoms in total. The average molecular weight is 335 g/mol. The Hall–Kier alpha value is -3.15. The summed E-state index contributed by atoms with van der Waals surface area (Å²) in [5, 5.41) is 6.13. The highest BCUT2D eigenvalue weighted by Gasteiger charge is 2.08. The van der Waals surface area contributed by atoms with Crippen LogP contribution in [-0.2, 0) is 0 Å². The van der Waals surface area contributed by atoms with Crippen LogP contribution >= 0.6 is 0 Å². The van der Waals surface area contributed by atoms with Crippen molar-refractivity contribution in [3.8, 4) is 5.82 Å². The average Bonchev–Trinajstić information content (AvgIpc) is 3.15. The molecular weight excluding hydrogens is 314 g/mol. The van der Waals surface area contributed by atoms with Crippen molar-refractivity contribution in [3.63, 3.8) is 0 Å². The first-order chi connectivity index (χ1) is 12.1. The van der Waals surface area contributed by atoms with Gasteiger partial charge in [0.1, 0.15) is 18.0 Å². The number of carbonyl (C=O) groups is 1. The van der Waals surface area contributed by atoms with Gasteiger partial charge in [0.15, 0.2) is 0 Å². The Kier molecular flexibility index (Phi) is 5.09. The number of anilines is 1. The Morgan fingerprint density at radius 3 is 2.68 bits per heavy atom. The molecule has 0 aliphatic carbocycles. The van der Waals surface area contributed by atoms with Crippen LogP contribution in [0.5, 0.6) is 0 Å². The van der Waals surface area contributed by atoms with Gasteiger partial charge in [-0.3, -0.25) is 4.79 Å². The van der Waals surface area contributed by atoms with E-state index < -0.39 is 0 Å². The topological polar surface area (TPSA) is 71.8 Å². The number of hydrogen-bond acceptors (Lipinski definition) is 4. The number of rotatable bonds is 6. The molecule has 1 amide bonds. The molecule has 0 aliphatic rings. The number of nitrogens with one attached hydrogen (secondary N) is 2. The molecule has 25 heavy (non-hydrogen) atoms. The monoisotopic (exact) mass is 335 g/mol. The minimum atomic E-state index is -0.0567. The van der Waals surface area contributed by atoms with Gasteiger partial charge in [-0.05, 0) is 37.6 Å². The second kappa shape index (κ2) is 7.61. The Morgan fingerprint density at radius 2 is 1.88 bits per heavy atom. The molecule has 3 rings (SSSR count). The number of aryl methyl sites for hydroxylation is 2. The third-order valence-electron chi connectivity index (χ3n) is 3.88. The summed E-state index contributed by atoms with van der Waals surface area (Å²) in [6.07, 6.45) is 5.37. The highest BCUT2D eigenvalue weighted by Crippen LogP contribution is 2.11. The summed E-state index contributed by atoms with van der Waals surface area (Å²) in [6, 6.07) is 11.6. The number of benzene rings is 1. The van der Waals surface area contributed by atoms with Crippen molar-refractivity contribution in [2.24, 2.45) is 0 Å². The van der Waals surface area contributed by atoms with E-state index in [-0.39, 0.29) is 5.91 Å². The van der Waals surface area contributed by atoms with Crippen molar-refractivity contribution in [1.29, 1.82) is 0 Å². The van der Waals surface area contributed by atoms with Gasteiger partial charge < -0.3 is 15.2 Å². The van der Waals surface area contributed by atoms with Crippen LogP contribution in [0.25, 0.3) is 5.82 Å². The Bertz CT molecular complexity index is 858. The fourth-order valence-corrected chi connectivity index (χ4v) is 2.51. The van der Waals surface area contributed by atoms with Crippen LogP contribution < -0.4 is 10.6 Å². The largest absolute Gasteiger partial charge is 0.368 e. The molecular formula is C19H21N5O. The highest BCUT2D eigenvalue weighted by atomic mass is 16.1. The van der Waals surface area contributed by atoms with Gasteiger partial charge in [0.2, 0.25) is 0 Å². The summed E-state index contributed by atoms with van der Waals surface area (Å²) >= 11 is 0. The highest BCUT2D eigenvalue weighted by molar-refractivity contribution is 5.95. The fourth-order valence-electron chi connectivity index (χ4n) is 2.51. The first-order valence-electron chi connectivity index (χ1n) is 8.18. The van der Waals surface area contributed by atoms with Crippen molar-refractivity contribution < 1.29 is 4.79 Å². The molecule has 6 heteroatoms. The number of aromatic nitrogens is 3. The van der Waals surface area contributed by atoms with Gasteiger partial charge in [0, 0.05) is 37.1 Å². The molecule has 0 aliphatic heterocycles. The smallest absolute Gasteiger partial charge is 0.251 e. The summed E-state index contributed by atoms with van der Waals surface area (Å²) in [5.41, 5.74) is 2.77. The lowest BCUT2D eigenvalue weighted by Crippen LogP contribution is -2.29. The minimum Gasteiger partial charge on any atom is -0.368 e. The van der Waals surface area contributed by atoms with Crippen molar-refractivity contribution in [2.45, 2.75) is 13.8 Å². The third kappa shape index (κ3) is 4.23. The molecule has 128 valence electrons. The van der Waals surface area contributed by atoms with Crippen LogP contribution in [-0.4, -0.2) is 33.5 Å². The summed E-state index contributed by atoms with van der Waals surface area (Å²) in [4.78, 5) is 20.7. The summed E-state index contributed by atoms with van der Waals surface area (Å²) < 4.78 is 1.91. The predicted octanol–water partition coefficient (Wildman–Crippen LogP) is 2.73. The van der Waals surface area contributed by atoms with E-state index in [1.807, 2.05) is 67.2 Å². The first kappa shape index (κ1) is 16.7. The van der Waals surface area contributed by atoms with E-state index in [2.05, 4.69) is 20.6 Å². The van der Waals surface area contributed by atoms with Crippen LogP contribution in [0.15, 0.2) is 55.1 Å². The molecule has 2 aromatic heterocycles. The molecule has 0 saturated carbocycles. The van der Waals surface area contributed by atoms with E-state index in [0.29, 0.717) is 13.1 Å². The molecule has 1 aromatic carbocycles. The minimum absolute atomic E-state index is 0.0567. The lowest BCUT2D eigenvalue weighted by molar-refractivity contribution is 0.0954. The maximum atomic E-state index is 12.3. The van der Waals surface area contributed by atoms with E-state index in [1.165, 1.54) is 6.33 Å². The molecule has 0 spiro atoms. The Balaban J connectivity index is 1.53. The third-order valence-corrected chi connectivity index (χ3v) is 3.88. The number of amides is 1. The van der Waals surface area contributed by atoms with Gasteiger partial charge in [0.25, 0.3) is 5.91 Å². The molecule has 0 fully saturated rings. The first-order valence-corrected chi connectivity index (χ1v) is 8.18. The predicted molar refractivity (Wildman–Crippen MR) is 98.1 cm³/mol. The van der Waals surface area contributed by atoms with E-state index in [4.69, 9.17) is 0 Å². The maximum absolute atomic E-state index is 12.3. The summed E-state index contributed by atoms with van der Waals surface area (Å²) in [6.45, 7) is 5.01. The van der Waals surface area contributed by atoms with Crippen LogP contribution in [0.2, 0.25) is 0 Å². The molecule has 0 bridgehead atoms. The van der Waals surface area contributed by atoms with Crippen molar-refractivity contribution in [3.05, 3.63) is 71.8 Å². The van der Waals surface area contributed by atoms with Crippen molar-refractivity contribution in [1.82, 2.24) is 19.9 Å². The molecule has 2 heterocycles.